The van der Waals surface area contributed by atoms with Crippen LogP contribution in [0.3, 0.4) is 0 Å². The molecular weight excluding hydrogens is 284 g/mol. The van der Waals surface area contributed by atoms with Crippen LogP contribution in [0, 0.1) is 13.8 Å². The highest BCUT2D eigenvalue weighted by molar-refractivity contribution is 7.92. The second kappa shape index (κ2) is 4.67. The predicted molar refractivity (Wildman–Crippen MR) is 71.2 cm³/mol. The molecule has 0 saturated carbocycles. The fourth-order valence-electron chi connectivity index (χ4n) is 1.69. The van der Waals surface area contributed by atoms with E-state index in [9.17, 15) is 13.2 Å². The van der Waals surface area contributed by atoms with Crippen molar-refractivity contribution in [2.75, 3.05) is 4.72 Å². The van der Waals surface area contributed by atoms with Gasteiger partial charge in [-0.05, 0) is 19.9 Å². The first-order chi connectivity index (χ1) is 9.20. The molecule has 0 atom stereocenters. The molecule has 0 bridgehead atoms. The minimum absolute atomic E-state index is 0.0155. The topological polar surface area (TPSA) is 117 Å². The number of aryl methyl sites for hydroxylation is 3. The molecule has 2 aromatic heterocycles. The molecule has 20 heavy (non-hydrogen) atoms. The molecule has 9 heteroatoms. The summed E-state index contributed by atoms with van der Waals surface area (Å²) in [6.07, 6.45) is 1.36. The number of carbonyl (C=O) groups is 1. The summed E-state index contributed by atoms with van der Waals surface area (Å²) in [6, 6.07) is 1.41. The number of carboxylic acids is 1. The number of rotatable bonds is 4. The Morgan fingerprint density at radius 2 is 2.10 bits per heavy atom. The van der Waals surface area contributed by atoms with Gasteiger partial charge in [-0.2, -0.15) is 8.42 Å². The lowest BCUT2D eigenvalue weighted by Gasteiger charge is -2.04. The van der Waals surface area contributed by atoms with E-state index in [-0.39, 0.29) is 16.4 Å². The number of nitrogens with one attached hydrogen (secondary N) is 2. The minimum Gasteiger partial charge on any atom is -0.477 e. The third-order valence-electron chi connectivity index (χ3n) is 2.77. The molecular formula is C11H14N4O4S. The highest BCUT2D eigenvalue weighted by Crippen LogP contribution is 2.21. The molecule has 8 nitrogen and oxygen atoms in total. The van der Waals surface area contributed by atoms with E-state index < -0.39 is 16.0 Å². The van der Waals surface area contributed by atoms with Gasteiger partial charge in [-0.15, -0.1) is 0 Å². The van der Waals surface area contributed by atoms with Crippen molar-refractivity contribution < 1.29 is 18.3 Å². The summed E-state index contributed by atoms with van der Waals surface area (Å²) in [5, 5.41) is 8.85. The number of H-pyrrole nitrogens is 1. The van der Waals surface area contributed by atoms with Crippen molar-refractivity contribution >= 4 is 21.7 Å². The molecule has 3 N–H and O–H groups in total. The number of aromatic carboxylic acids is 1. The van der Waals surface area contributed by atoms with E-state index >= 15 is 0 Å². The van der Waals surface area contributed by atoms with E-state index in [0.29, 0.717) is 11.5 Å². The Hall–Kier alpha value is -2.29. The second-order valence-corrected chi connectivity index (χ2v) is 6.02. The van der Waals surface area contributed by atoms with E-state index in [0.717, 1.165) is 0 Å². The smallest absolute Gasteiger partial charge is 0.354 e. The SMILES string of the molecule is Cc1cc(NS(=O)(=O)c2cn(C)c(C)n2)c(C(=O)O)[nH]1. The van der Waals surface area contributed by atoms with Crippen LogP contribution in [0.15, 0.2) is 17.3 Å². The molecule has 2 aromatic rings. The van der Waals surface area contributed by atoms with E-state index in [1.54, 1.807) is 25.5 Å². The largest absolute Gasteiger partial charge is 0.477 e. The molecule has 0 aliphatic rings. The Morgan fingerprint density at radius 3 is 2.60 bits per heavy atom. The molecule has 0 unspecified atom stereocenters. The first-order valence-corrected chi connectivity index (χ1v) is 7.14. The standard InChI is InChI=1S/C11H14N4O4S/c1-6-4-8(10(12-6)11(16)17)14-20(18,19)9-5-15(3)7(2)13-9/h4-5,12,14H,1-3H3,(H,16,17). The van der Waals surface area contributed by atoms with Gasteiger partial charge in [0, 0.05) is 18.9 Å². The first kappa shape index (κ1) is 14.1. The van der Waals surface area contributed by atoms with Crippen molar-refractivity contribution in [3.63, 3.8) is 0 Å². The van der Waals surface area contributed by atoms with Gasteiger partial charge < -0.3 is 14.7 Å². The molecule has 0 saturated heterocycles. The van der Waals surface area contributed by atoms with Crippen molar-refractivity contribution in [1.29, 1.82) is 0 Å². The monoisotopic (exact) mass is 298 g/mol. The van der Waals surface area contributed by atoms with E-state index in [1.165, 1.54) is 12.3 Å². The number of hydrogen-bond donors (Lipinski definition) is 3. The van der Waals surface area contributed by atoms with Crippen LogP contribution in [0.2, 0.25) is 0 Å². The number of nitrogens with zero attached hydrogens (tertiary/aromatic N) is 2. The summed E-state index contributed by atoms with van der Waals surface area (Å²) in [5.41, 5.74) is 0.314. The fourth-order valence-corrected chi connectivity index (χ4v) is 2.80. The molecule has 0 radical (unpaired) electrons. The average molecular weight is 298 g/mol. The summed E-state index contributed by atoms with van der Waals surface area (Å²) < 4.78 is 28.1. The van der Waals surface area contributed by atoms with Gasteiger partial charge >= 0.3 is 5.97 Å². The summed E-state index contributed by atoms with van der Waals surface area (Å²) in [5.74, 6) is -0.706. The van der Waals surface area contributed by atoms with E-state index in [2.05, 4.69) is 14.7 Å². The Labute approximate surface area is 115 Å². The number of aromatic amines is 1. The molecule has 0 amide bonds. The Bertz CT molecular complexity index is 753. The van der Waals surface area contributed by atoms with Gasteiger partial charge in [-0.25, -0.2) is 9.78 Å². The van der Waals surface area contributed by atoms with Crippen LogP contribution in [0.25, 0.3) is 0 Å². The third-order valence-corrected chi connectivity index (χ3v) is 4.01. The second-order valence-electron chi connectivity index (χ2n) is 4.39. The molecule has 0 aliphatic heterocycles. The number of aromatic nitrogens is 3. The normalized spacial score (nSPS) is 11.6. The van der Waals surface area contributed by atoms with Gasteiger partial charge in [0.05, 0.1) is 5.69 Å². The van der Waals surface area contributed by atoms with Crippen LogP contribution in [0.1, 0.15) is 22.0 Å². The number of carboxylic acid groups (broad SMARTS) is 1. The number of sulfonamides is 1. The van der Waals surface area contributed by atoms with Crippen molar-refractivity contribution in [2.45, 2.75) is 18.9 Å². The van der Waals surface area contributed by atoms with Crippen LogP contribution in [-0.2, 0) is 17.1 Å². The Balaban J connectivity index is 2.40. The average Bonchev–Trinajstić information content (AvgIpc) is 2.83. The number of imidazole rings is 1. The Kier molecular flexibility index (Phi) is 3.30. The fraction of sp³-hybridized carbons (Fsp3) is 0.273. The maximum absolute atomic E-state index is 12.2. The molecule has 0 aromatic carbocycles. The quantitative estimate of drug-likeness (QED) is 0.774. The van der Waals surface area contributed by atoms with E-state index in [4.69, 9.17) is 5.11 Å². The van der Waals surface area contributed by atoms with Gasteiger partial charge in [0.25, 0.3) is 10.0 Å². The molecule has 0 aliphatic carbocycles. The molecule has 0 fully saturated rings. The minimum atomic E-state index is -3.92. The highest BCUT2D eigenvalue weighted by atomic mass is 32.2. The van der Waals surface area contributed by atoms with Gasteiger partial charge in [-0.3, -0.25) is 4.72 Å². The Morgan fingerprint density at radius 1 is 1.45 bits per heavy atom. The highest BCUT2D eigenvalue weighted by Gasteiger charge is 2.22. The van der Waals surface area contributed by atoms with E-state index in [1.807, 2.05) is 0 Å². The molecule has 0 spiro atoms. The van der Waals surface area contributed by atoms with Crippen LogP contribution in [0.4, 0.5) is 5.69 Å². The van der Waals surface area contributed by atoms with Gasteiger partial charge in [0.15, 0.2) is 5.03 Å². The van der Waals surface area contributed by atoms with Crippen molar-refractivity contribution in [2.24, 2.45) is 7.05 Å². The molecule has 2 heterocycles. The predicted octanol–water partition coefficient (Wildman–Crippen LogP) is 0.864. The zero-order chi connectivity index (χ0) is 15.1. The maximum atomic E-state index is 12.2. The van der Waals surface area contributed by atoms with Gasteiger partial charge in [0.1, 0.15) is 11.5 Å². The van der Waals surface area contributed by atoms with Crippen LogP contribution in [0.5, 0.6) is 0 Å². The zero-order valence-electron chi connectivity index (χ0n) is 11.1. The summed E-state index contributed by atoms with van der Waals surface area (Å²) >= 11 is 0. The lowest BCUT2D eigenvalue weighted by molar-refractivity contribution is 0.0692. The van der Waals surface area contributed by atoms with Crippen LogP contribution < -0.4 is 4.72 Å². The van der Waals surface area contributed by atoms with Crippen molar-refractivity contribution in [3.05, 3.63) is 29.5 Å². The maximum Gasteiger partial charge on any atom is 0.354 e. The molecule has 2 rings (SSSR count). The summed E-state index contributed by atoms with van der Waals surface area (Å²) in [7, 11) is -2.25. The van der Waals surface area contributed by atoms with Gasteiger partial charge in [-0.1, -0.05) is 0 Å². The lowest BCUT2D eigenvalue weighted by atomic mass is 10.4. The molecule has 108 valence electrons. The number of anilines is 1. The van der Waals surface area contributed by atoms with Crippen molar-refractivity contribution in [1.82, 2.24) is 14.5 Å². The summed E-state index contributed by atoms with van der Waals surface area (Å²) in [4.78, 5) is 17.5. The van der Waals surface area contributed by atoms with Gasteiger partial charge in [0.2, 0.25) is 0 Å². The number of hydrogen-bond acceptors (Lipinski definition) is 4. The lowest BCUT2D eigenvalue weighted by Crippen LogP contribution is -2.15. The first-order valence-electron chi connectivity index (χ1n) is 5.66. The third kappa shape index (κ3) is 2.52. The summed E-state index contributed by atoms with van der Waals surface area (Å²) in [6.45, 7) is 3.30. The zero-order valence-corrected chi connectivity index (χ0v) is 11.9. The van der Waals surface area contributed by atoms with Crippen molar-refractivity contribution in [3.8, 4) is 0 Å². The van der Waals surface area contributed by atoms with Crippen LogP contribution >= 0.6 is 0 Å². The van der Waals surface area contributed by atoms with Crippen LogP contribution in [-0.4, -0.2) is 34.0 Å².